The molecule has 49 heavy (non-hydrogen) atoms. The molecule has 2 aromatic rings. The summed E-state index contributed by atoms with van der Waals surface area (Å²) in [5.74, 6) is -4.70. The highest BCUT2D eigenvalue weighted by atomic mass is 35.5. The monoisotopic (exact) mass is 724 g/mol. The highest BCUT2D eigenvalue weighted by Gasteiger charge is 2.49. The smallest absolute Gasteiger partial charge is 0.407 e. The van der Waals surface area contributed by atoms with Gasteiger partial charge in [0, 0.05) is 59.7 Å². The van der Waals surface area contributed by atoms with Gasteiger partial charge in [-0.25, -0.2) is 18.0 Å². The average Bonchev–Trinajstić information content (AvgIpc) is 3.93. The van der Waals surface area contributed by atoms with E-state index < -0.39 is 35.7 Å². The van der Waals surface area contributed by atoms with Crippen LogP contribution in [0.4, 0.5) is 23.7 Å². The third kappa shape index (κ3) is 9.71. The van der Waals surface area contributed by atoms with Gasteiger partial charge >= 0.3 is 6.09 Å². The van der Waals surface area contributed by atoms with E-state index >= 15 is 4.39 Å². The van der Waals surface area contributed by atoms with Gasteiger partial charge in [-0.15, -0.1) is 0 Å². The second-order valence-electron chi connectivity index (χ2n) is 13.1. The Morgan fingerprint density at radius 1 is 1.04 bits per heavy atom. The van der Waals surface area contributed by atoms with Crippen LogP contribution in [0.25, 0.3) is 0 Å². The summed E-state index contributed by atoms with van der Waals surface area (Å²) in [5, 5.41) is 6.08. The molecular formula is C36H48ClF3N4O4S. The Morgan fingerprint density at radius 3 is 2.41 bits per heavy atom. The van der Waals surface area contributed by atoms with Gasteiger partial charge in [0.05, 0.1) is 7.11 Å². The SMILES string of the molecule is CC.COC(=O)N[C@H](C(=O)Nc1cccc(F)c1CCC1C2CN2C2CCCN1CC2)C(c1ccc(Cl)cc1)C1CCC(F)(F)CC1.O=S. The van der Waals surface area contributed by atoms with Crippen LogP contribution in [-0.2, 0) is 28.5 Å². The molecule has 4 aliphatic rings. The van der Waals surface area contributed by atoms with Gasteiger partial charge in [-0.1, -0.05) is 43.6 Å². The summed E-state index contributed by atoms with van der Waals surface area (Å²) in [6, 6.07) is 11.8. The van der Waals surface area contributed by atoms with Crippen LogP contribution in [0.15, 0.2) is 42.5 Å². The van der Waals surface area contributed by atoms with E-state index in [1.54, 1.807) is 36.4 Å². The summed E-state index contributed by atoms with van der Waals surface area (Å²) in [6.45, 7) is 7.21. The molecule has 3 saturated heterocycles. The molecule has 3 heterocycles. The van der Waals surface area contributed by atoms with Crippen LogP contribution >= 0.6 is 11.6 Å². The fraction of sp³-hybridized carbons (Fsp3) is 0.611. The van der Waals surface area contributed by atoms with Gasteiger partial charge in [-0.3, -0.25) is 14.6 Å². The van der Waals surface area contributed by atoms with Gasteiger partial charge in [0.2, 0.25) is 11.8 Å². The van der Waals surface area contributed by atoms with Crippen LogP contribution in [0.5, 0.6) is 0 Å². The van der Waals surface area contributed by atoms with Crippen LogP contribution in [0.3, 0.4) is 0 Å². The van der Waals surface area contributed by atoms with E-state index in [0.717, 1.165) is 26.1 Å². The van der Waals surface area contributed by atoms with Crippen LogP contribution in [-0.4, -0.2) is 82.8 Å². The molecule has 4 fully saturated rings. The van der Waals surface area contributed by atoms with Crippen molar-refractivity contribution in [1.82, 2.24) is 15.1 Å². The molecule has 6 rings (SSSR count). The predicted octanol–water partition coefficient (Wildman–Crippen LogP) is 7.29. The first-order valence-electron chi connectivity index (χ1n) is 17.4. The number of carbonyl (C=O) groups excluding carboxylic acids is 2. The van der Waals surface area contributed by atoms with E-state index in [4.69, 9.17) is 20.5 Å². The fourth-order valence-electron chi connectivity index (χ4n) is 8.09. The second kappa shape index (κ2) is 17.9. The Kier molecular flexibility index (Phi) is 14.3. The number of carbonyl (C=O) groups is 2. The summed E-state index contributed by atoms with van der Waals surface area (Å²) in [6.07, 6.45) is 3.73. The molecule has 2 bridgehead atoms. The summed E-state index contributed by atoms with van der Waals surface area (Å²) in [7, 11) is 1.20. The maximum absolute atomic E-state index is 15.4. The van der Waals surface area contributed by atoms with Crippen molar-refractivity contribution in [2.45, 2.75) is 108 Å². The third-order valence-electron chi connectivity index (χ3n) is 10.5. The highest BCUT2D eigenvalue weighted by Crippen LogP contribution is 2.44. The number of halogens is 4. The number of alkyl halides is 2. The Labute approximate surface area is 298 Å². The Hall–Kier alpha value is -2.80. The van der Waals surface area contributed by atoms with Crippen molar-refractivity contribution >= 4 is 41.8 Å². The van der Waals surface area contributed by atoms with Crippen molar-refractivity contribution in [2.24, 2.45) is 5.92 Å². The van der Waals surface area contributed by atoms with Crippen molar-refractivity contribution in [1.29, 1.82) is 0 Å². The van der Waals surface area contributed by atoms with Crippen molar-refractivity contribution in [3.8, 4) is 0 Å². The molecule has 1 saturated carbocycles. The molecule has 1 aliphatic carbocycles. The number of fused-ring (bicyclic) bond motifs is 5. The number of methoxy groups -OCH3 is 1. The van der Waals surface area contributed by atoms with Gasteiger partial charge in [0.25, 0.3) is 0 Å². The Balaban J connectivity index is 0.00000130. The molecule has 270 valence electrons. The first-order valence-corrected chi connectivity index (χ1v) is 18.1. The normalized spacial score (nSPS) is 26.5. The lowest BCUT2D eigenvalue weighted by molar-refractivity contribution is -0.119. The molecule has 0 spiro atoms. The largest absolute Gasteiger partial charge is 0.453 e. The lowest BCUT2D eigenvalue weighted by Gasteiger charge is -2.37. The summed E-state index contributed by atoms with van der Waals surface area (Å²) in [5.41, 5.74) is 1.46. The van der Waals surface area contributed by atoms with Gasteiger partial charge < -0.3 is 15.4 Å². The van der Waals surface area contributed by atoms with Crippen molar-refractivity contribution in [3.05, 3.63) is 64.4 Å². The highest BCUT2D eigenvalue weighted by molar-refractivity contribution is 7.44. The van der Waals surface area contributed by atoms with Crippen LogP contribution < -0.4 is 10.6 Å². The molecule has 8 nitrogen and oxygen atoms in total. The molecule has 2 N–H and O–H groups in total. The number of hydrogen-bond donors (Lipinski definition) is 2. The number of alkyl carbamates (subject to hydrolysis) is 1. The zero-order chi connectivity index (χ0) is 35.7. The van der Waals surface area contributed by atoms with Gasteiger partial charge in [0.15, 0.2) is 12.5 Å². The topological polar surface area (TPSA) is 90.8 Å². The van der Waals surface area contributed by atoms with Crippen molar-refractivity contribution in [2.75, 3.05) is 32.1 Å². The summed E-state index contributed by atoms with van der Waals surface area (Å²) < 4.78 is 56.5. The van der Waals surface area contributed by atoms with Crippen molar-refractivity contribution < 1.29 is 31.7 Å². The quantitative estimate of drug-likeness (QED) is 0.263. The standard InChI is InChI=1S/C34H42ClF3N4O3.C2H6.OS/c1-45-33(44)40-31(30(21-7-9-23(35)10-8-21)22-13-16-34(37,38)17-14-22)32(43)39-27-6-2-5-26(36)25(27)11-12-28-29-20-42(29)24-4-3-18-41(28)19-15-24;2*1-2/h2,5-10,22,24,28-31H,3-4,11-20H2,1H3,(H,39,43)(H,40,44);1-2H3;/t24?,28?,29?,30?,31-,42?;;/m0../s1. The summed E-state index contributed by atoms with van der Waals surface area (Å²) >= 11 is 8.99. The van der Waals surface area contributed by atoms with E-state index in [1.807, 2.05) is 13.8 Å². The molecule has 2 aromatic carbocycles. The first-order chi connectivity index (χ1) is 23.6. The number of hydrogen-bond acceptors (Lipinski definition) is 7. The first kappa shape index (κ1) is 39.0. The number of anilines is 1. The van der Waals surface area contributed by atoms with E-state index in [9.17, 15) is 18.4 Å². The van der Waals surface area contributed by atoms with Gasteiger partial charge in [0.1, 0.15) is 11.9 Å². The Morgan fingerprint density at radius 2 is 1.73 bits per heavy atom. The third-order valence-corrected chi connectivity index (χ3v) is 10.7. The minimum Gasteiger partial charge on any atom is -0.453 e. The number of rotatable bonds is 9. The lowest BCUT2D eigenvalue weighted by atomic mass is 9.72. The minimum absolute atomic E-state index is 0.176. The average molecular weight is 725 g/mol. The predicted molar refractivity (Wildman–Crippen MR) is 187 cm³/mol. The maximum Gasteiger partial charge on any atom is 0.407 e. The molecule has 0 aromatic heterocycles. The van der Waals surface area contributed by atoms with Crippen molar-refractivity contribution in [3.63, 3.8) is 0 Å². The second-order valence-corrected chi connectivity index (χ2v) is 13.6. The molecule has 3 aliphatic heterocycles. The number of amides is 2. The van der Waals surface area contributed by atoms with E-state index in [1.165, 1.54) is 32.4 Å². The minimum atomic E-state index is -2.77. The van der Waals surface area contributed by atoms with Crippen LogP contribution in [0.2, 0.25) is 5.02 Å². The molecule has 2 amide bonds. The zero-order valence-corrected chi connectivity index (χ0v) is 30.0. The zero-order valence-electron chi connectivity index (χ0n) is 28.4. The molecule has 13 heteroatoms. The van der Waals surface area contributed by atoms with E-state index in [-0.39, 0.29) is 31.6 Å². The molecule has 7 atom stereocenters. The number of benzene rings is 2. The number of nitrogens with one attached hydrogen (secondary N) is 2. The van der Waals surface area contributed by atoms with E-state index in [2.05, 4.69) is 33.0 Å². The summed E-state index contributed by atoms with van der Waals surface area (Å²) in [4.78, 5) is 31.9. The molecule has 6 unspecified atom stereocenters. The van der Waals surface area contributed by atoms with Crippen LogP contribution in [0, 0.1) is 11.7 Å². The Bertz CT molecular complexity index is 1400. The van der Waals surface area contributed by atoms with E-state index in [0.29, 0.717) is 46.4 Å². The fourth-order valence-corrected chi connectivity index (χ4v) is 8.22. The van der Waals surface area contributed by atoms with Gasteiger partial charge in [-0.2, -0.15) is 4.21 Å². The van der Waals surface area contributed by atoms with Crippen LogP contribution in [0.1, 0.15) is 82.3 Å². The molecule has 0 radical (unpaired) electrons. The maximum atomic E-state index is 15.4. The van der Waals surface area contributed by atoms with Gasteiger partial charge in [-0.05, 0) is 93.8 Å². The number of ether oxygens (including phenoxy) is 1. The lowest BCUT2D eigenvalue weighted by Crippen LogP contribution is -2.50. The number of nitrogens with zero attached hydrogens (tertiary/aromatic N) is 2. The molecular weight excluding hydrogens is 677 g/mol.